The first-order chi connectivity index (χ1) is 9.74. The predicted octanol–water partition coefficient (Wildman–Crippen LogP) is 1.56. The van der Waals surface area contributed by atoms with E-state index in [1.54, 1.807) is 6.07 Å². The number of aromatic nitrogens is 3. The number of nitrogens with zero attached hydrogens (tertiary/aromatic N) is 3. The van der Waals surface area contributed by atoms with Crippen LogP contribution in [0.15, 0.2) is 41.1 Å². The molecule has 2 N–H and O–H groups in total. The summed E-state index contributed by atoms with van der Waals surface area (Å²) in [6.45, 7) is -0.0937. The van der Waals surface area contributed by atoms with Crippen molar-refractivity contribution in [3.05, 3.63) is 48.2 Å². The Kier molecular flexibility index (Phi) is 3.00. The molecule has 0 aliphatic rings. The highest BCUT2D eigenvalue weighted by Gasteiger charge is 2.15. The topological polar surface area (TPSA) is 104 Å². The van der Waals surface area contributed by atoms with Crippen LogP contribution in [0.25, 0.3) is 11.1 Å². The van der Waals surface area contributed by atoms with E-state index in [1.165, 1.54) is 12.4 Å². The van der Waals surface area contributed by atoms with Gasteiger partial charge in [0.2, 0.25) is 5.89 Å². The van der Waals surface area contributed by atoms with Crippen LogP contribution in [0.1, 0.15) is 16.4 Å². The van der Waals surface area contributed by atoms with Crippen molar-refractivity contribution in [3.8, 4) is 0 Å². The minimum Gasteiger partial charge on any atom is -0.451 e. The van der Waals surface area contributed by atoms with Gasteiger partial charge in [-0.2, -0.15) is 0 Å². The zero-order valence-electron chi connectivity index (χ0n) is 10.3. The van der Waals surface area contributed by atoms with Gasteiger partial charge in [-0.3, -0.25) is 0 Å². The first-order valence-electron chi connectivity index (χ1n) is 5.82. The molecule has 0 bridgehead atoms. The molecule has 3 rings (SSSR count). The number of carbonyl (C=O) groups is 1. The SMILES string of the molecule is Nc1nccnc1C(=O)OCc1nc2ccccc2o1. The van der Waals surface area contributed by atoms with Crippen molar-refractivity contribution < 1.29 is 13.9 Å². The fourth-order valence-corrected chi connectivity index (χ4v) is 1.68. The molecule has 0 amide bonds. The Morgan fingerprint density at radius 3 is 2.85 bits per heavy atom. The van der Waals surface area contributed by atoms with Crippen molar-refractivity contribution >= 4 is 22.9 Å². The highest BCUT2D eigenvalue weighted by Crippen LogP contribution is 2.15. The molecule has 0 radical (unpaired) electrons. The maximum absolute atomic E-state index is 11.8. The van der Waals surface area contributed by atoms with Crippen molar-refractivity contribution in [1.82, 2.24) is 15.0 Å². The second-order valence-corrected chi connectivity index (χ2v) is 3.94. The first-order valence-corrected chi connectivity index (χ1v) is 5.82. The van der Waals surface area contributed by atoms with Crippen molar-refractivity contribution in [2.45, 2.75) is 6.61 Å². The second-order valence-electron chi connectivity index (χ2n) is 3.94. The largest absolute Gasteiger partial charge is 0.451 e. The minimum atomic E-state index is -0.669. The maximum Gasteiger partial charge on any atom is 0.361 e. The third-order valence-electron chi connectivity index (χ3n) is 2.58. The van der Waals surface area contributed by atoms with Crippen LogP contribution >= 0.6 is 0 Å². The number of carbonyl (C=O) groups excluding carboxylic acids is 1. The lowest BCUT2D eigenvalue weighted by Gasteiger charge is -2.02. The Balaban J connectivity index is 1.73. The number of rotatable bonds is 3. The van der Waals surface area contributed by atoms with E-state index >= 15 is 0 Å². The average molecular weight is 270 g/mol. The molecule has 3 aromatic rings. The van der Waals surface area contributed by atoms with E-state index in [-0.39, 0.29) is 18.1 Å². The quantitative estimate of drug-likeness (QED) is 0.720. The van der Waals surface area contributed by atoms with Crippen LogP contribution in [0.2, 0.25) is 0 Å². The second kappa shape index (κ2) is 4.96. The number of anilines is 1. The molecule has 2 aromatic heterocycles. The molecule has 0 saturated carbocycles. The fourth-order valence-electron chi connectivity index (χ4n) is 1.68. The molecule has 20 heavy (non-hydrogen) atoms. The third kappa shape index (κ3) is 2.28. The smallest absolute Gasteiger partial charge is 0.361 e. The average Bonchev–Trinajstić information content (AvgIpc) is 2.88. The Morgan fingerprint density at radius 2 is 2.05 bits per heavy atom. The summed E-state index contributed by atoms with van der Waals surface area (Å²) in [5.74, 6) is -0.338. The minimum absolute atomic E-state index is 0.0232. The monoisotopic (exact) mass is 270 g/mol. The van der Waals surface area contributed by atoms with E-state index in [0.29, 0.717) is 17.0 Å². The van der Waals surface area contributed by atoms with Gasteiger partial charge in [-0.25, -0.2) is 19.7 Å². The van der Waals surface area contributed by atoms with Gasteiger partial charge in [0.05, 0.1) is 0 Å². The molecule has 7 nitrogen and oxygen atoms in total. The molecule has 7 heteroatoms. The van der Waals surface area contributed by atoms with E-state index in [1.807, 2.05) is 18.2 Å². The number of ether oxygens (including phenoxy) is 1. The summed E-state index contributed by atoms with van der Waals surface area (Å²) in [7, 11) is 0. The number of para-hydroxylation sites is 2. The molecule has 100 valence electrons. The van der Waals surface area contributed by atoms with Crippen LogP contribution in [0.4, 0.5) is 5.82 Å². The van der Waals surface area contributed by atoms with Gasteiger partial charge in [-0.15, -0.1) is 0 Å². The van der Waals surface area contributed by atoms with Gasteiger partial charge in [-0.1, -0.05) is 12.1 Å². The zero-order chi connectivity index (χ0) is 13.9. The number of hydrogen-bond acceptors (Lipinski definition) is 7. The first kappa shape index (κ1) is 12.1. The lowest BCUT2D eigenvalue weighted by atomic mass is 10.3. The summed E-state index contributed by atoms with van der Waals surface area (Å²) in [6, 6.07) is 7.28. The van der Waals surface area contributed by atoms with Crippen molar-refractivity contribution in [1.29, 1.82) is 0 Å². The van der Waals surface area contributed by atoms with Crippen LogP contribution in [0.3, 0.4) is 0 Å². The summed E-state index contributed by atoms with van der Waals surface area (Å²) >= 11 is 0. The Hall–Kier alpha value is -2.96. The van der Waals surface area contributed by atoms with Gasteiger partial charge in [0.1, 0.15) is 5.52 Å². The van der Waals surface area contributed by atoms with Crippen LogP contribution in [-0.4, -0.2) is 20.9 Å². The van der Waals surface area contributed by atoms with Gasteiger partial charge >= 0.3 is 5.97 Å². The van der Waals surface area contributed by atoms with Crippen LogP contribution < -0.4 is 5.73 Å². The lowest BCUT2D eigenvalue weighted by molar-refractivity contribution is 0.0434. The van der Waals surface area contributed by atoms with Gasteiger partial charge in [-0.05, 0) is 12.1 Å². The summed E-state index contributed by atoms with van der Waals surface area (Å²) < 4.78 is 10.5. The lowest BCUT2D eigenvalue weighted by Crippen LogP contribution is -2.11. The molecule has 0 atom stereocenters. The summed E-state index contributed by atoms with van der Waals surface area (Å²) in [5, 5.41) is 0. The summed E-state index contributed by atoms with van der Waals surface area (Å²) in [4.78, 5) is 23.6. The number of nitrogens with two attached hydrogens (primary N) is 1. The number of esters is 1. The number of benzene rings is 1. The molecule has 0 saturated heterocycles. The number of oxazole rings is 1. The van der Waals surface area contributed by atoms with E-state index < -0.39 is 5.97 Å². The molecule has 0 unspecified atom stereocenters. The zero-order valence-corrected chi connectivity index (χ0v) is 10.3. The van der Waals surface area contributed by atoms with Gasteiger partial charge < -0.3 is 14.9 Å². The molecule has 1 aromatic carbocycles. The summed E-state index contributed by atoms with van der Waals surface area (Å²) in [5.41, 5.74) is 6.86. The highest BCUT2D eigenvalue weighted by molar-refractivity contribution is 5.91. The number of fused-ring (bicyclic) bond motifs is 1. The standard InChI is InChI=1S/C13H10N4O3/c14-12-11(15-5-6-16-12)13(18)19-7-10-17-8-3-1-2-4-9(8)20-10/h1-6H,7H2,(H2,14,16). The van der Waals surface area contributed by atoms with E-state index in [0.717, 1.165) is 0 Å². The van der Waals surface area contributed by atoms with Gasteiger partial charge in [0, 0.05) is 12.4 Å². The number of hydrogen-bond donors (Lipinski definition) is 1. The summed E-state index contributed by atoms with van der Waals surface area (Å²) in [6.07, 6.45) is 2.76. The molecular weight excluding hydrogens is 260 g/mol. The van der Waals surface area contributed by atoms with Gasteiger partial charge in [0.15, 0.2) is 23.7 Å². The Bertz CT molecular complexity index is 736. The number of nitrogen functional groups attached to an aromatic ring is 1. The van der Waals surface area contributed by atoms with Crippen LogP contribution in [0, 0.1) is 0 Å². The molecule has 0 aliphatic carbocycles. The molecule has 0 spiro atoms. The maximum atomic E-state index is 11.8. The predicted molar refractivity (Wildman–Crippen MR) is 69.6 cm³/mol. The Morgan fingerprint density at radius 1 is 1.25 bits per heavy atom. The van der Waals surface area contributed by atoms with E-state index in [9.17, 15) is 4.79 Å². The molecule has 2 heterocycles. The highest BCUT2D eigenvalue weighted by atomic mass is 16.5. The van der Waals surface area contributed by atoms with Crippen molar-refractivity contribution in [2.24, 2.45) is 0 Å². The van der Waals surface area contributed by atoms with E-state index in [2.05, 4.69) is 15.0 Å². The molecular formula is C13H10N4O3. The molecule has 0 aliphatic heterocycles. The van der Waals surface area contributed by atoms with Crippen LogP contribution in [-0.2, 0) is 11.3 Å². The van der Waals surface area contributed by atoms with Crippen molar-refractivity contribution in [3.63, 3.8) is 0 Å². The molecule has 0 fully saturated rings. The van der Waals surface area contributed by atoms with E-state index in [4.69, 9.17) is 14.9 Å². The van der Waals surface area contributed by atoms with Crippen LogP contribution in [0.5, 0.6) is 0 Å². The van der Waals surface area contributed by atoms with Crippen molar-refractivity contribution in [2.75, 3.05) is 5.73 Å². The Labute approximate surface area is 113 Å². The fraction of sp³-hybridized carbons (Fsp3) is 0.0769. The van der Waals surface area contributed by atoms with Gasteiger partial charge in [0.25, 0.3) is 0 Å². The third-order valence-corrected chi connectivity index (χ3v) is 2.58. The normalized spacial score (nSPS) is 10.6.